The van der Waals surface area contributed by atoms with E-state index in [2.05, 4.69) is 21.6 Å². The third-order valence-electron chi connectivity index (χ3n) is 4.30. The topological polar surface area (TPSA) is 59.3 Å². The van der Waals surface area contributed by atoms with Crippen LogP contribution in [-0.2, 0) is 12.8 Å². The molecule has 1 atom stereocenters. The zero-order chi connectivity index (χ0) is 15.8. The summed E-state index contributed by atoms with van der Waals surface area (Å²) in [6, 6.07) is 7.62. The third-order valence-corrected chi connectivity index (χ3v) is 5.53. The van der Waals surface area contributed by atoms with Crippen LogP contribution in [0.4, 0.5) is 0 Å². The van der Waals surface area contributed by atoms with Gasteiger partial charge in [0.15, 0.2) is 11.5 Å². The van der Waals surface area contributed by atoms with Crippen molar-refractivity contribution in [3.8, 4) is 0 Å². The normalized spacial score (nSPS) is 15.3. The van der Waals surface area contributed by atoms with E-state index in [1.54, 1.807) is 11.3 Å². The predicted octanol–water partition coefficient (Wildman–Crippen LogP) is 3.16. The number of carbonyl (C=O) groups is 1. The maximum atomic E-state index is 12.5. The van der Waals surface area contributed by atoms with Crippen molar-refractivity contribution in [2.45, 2.75) is 38.6 Å². The van der Waals surface area contributed by atoms with Crippen LogP contribution in [0.15, 0.2) is 30.5 Å². The van der Waals surface area contributed by atoms with Crippen LogP contribution in [0.2, 0.25) is 0 Å². The first-order valence-electron chi connectivity index (χ1n) is 7.94. The Morgan fingerprint density at radius 1 is 1.30 bits per heavy atom. The molecule has 1 unspecified atom stereocenters. The van der Waals surface area contributed by atoms with E-state index >= 15 is 0 Å². The number of aryl methyl sites for hydroxylation is 2. The molecule has 4 rings (SSSR count). The molecular weight excluding hydrogens is 308 g/mol. The Balaban J connectivity index is 1.55. The summed E-state index contributed by atoms with van der Waals surface area (Å²) in [6.45, 7) is 1.94. The maximum absolute atomic E-state index is 12.5. The minimum atomic E-state index is -0.195. The number of rotatable bonds is 3. The van der Waals surface area contributed by atoms with Crippen LogP contribution in [0.3, 0.4) is 0 Å². The highest BCUT2D eigenvalue weighted by Crippen LogP contribution is 2.29. The summed E-state index contributed by atoms with van der Waals surface area (Å²) in [4.78, 5) is 14.7. The summed E-state index contributed by atoms with van der Waals surface area (Å²) in [5, 5.41) is 11.4. The molecule has 0 saturated heterocycles. The summed E-state index contributed by atoms with van der Waals surface area (Å²) >= 11 is 1.63. The molecule has 0 spiro atoms. The van der Waals surface area contributed by atoms with Gasteiger partial charge in [0.2, 0.25) is 0 Å². The summed E-state index contributed by atoms with van der Waals surface area (Å²) < 4.78 is 1.91. The van der Waals surface area contributed by atoms with Crippen LogP contribution in [0, 0.1) is 0 Å². The third kappa shape index (κ3) is 2.63. The molecular formula is C17H18N4OS. The lowest BCUT2D eigenvalue weighted by molar-refractivity contribution is 0.0942. The molecule has 0 fully saturated rings. The van der Waals surface area contributed by atoms with Crippen LogP contribution in [0.1, 0.15) is 51.7 Å². The Morgan fingerprint density at radius 3 is 3.04 bits per heavy atom. The maximum Gasteiger partial charge on any atom is 0.261 e. The van der Waals surface area contributed by atoms with E-state index in [-0.39, 0.29) is 11.9 Å². The fourth-order valence-electron chi connectivity index (χ4n) is 3.09. The highest BCUT2D eigenvalue weighted by molar-refractivity contribution is 7.14. The first kappa shape index (κ1) is 14.4. The number of aromatic nitrogens is 3. The second-order valence-corrected chi connectivity index (χ2v) is 7.09. The number of nitrogens with one attached hydrogen (secondary N) is 1. The number of fused-ring (bicyclic) bond motifs is 2. The molecule has 1 aliphatic rings. The van der Waals surface area contributed by atoms with Crippen molar-refractivity contribution >= 4 is 22.9 Å². The SMILES string of the molecule is CC(NC(=O)c1cc2c(s1)CCCC2)c1nnc2ccccn12. The van der Waals surface area contributed by atoms with Gasteiger partial charge in [0.1, 0.15) is 0 Å². The highest BCUT2D eigenvalue weighted by Gasteiger charge is 2.20. The zero-order valence-corrected chi connectivity index (χ0v) is 13.8. The Bertz CT molecular complexity index is 843. The molecule has 3 aromatic rings. The van der Waals surface area contributed by atoms with E-state index in [4.69, 9.17) is 0 Å². The number of pyridine rings is 1. The molecule has 3 aromatic heterocycles. The lowest BCUT2D eigenvalue weighted by atomic mass is 9.99. The van der Waals surface area contributed by atoms with Crippen LogP contribution in [-0.4, -0.2) is 20.5 Å². The van der Waals surface area contributed by atoms with Gasteiger partial charge < -0.3 is 5.32 Å². The van der Waals surface area contributed by atoms with Crippen LogP contribution < -0.4 is 5.32 Å². The van der Waals surface area contributed by atoms with Gasteiger partial charge in [-0.15, -0.1) is 21.5 Å². The first-order valence-corrected chi connectivity index (χ1v) is 8.76. The lowest BCUT2D eigenvalue weighted by Gasteiger charge is -2.11. The molecule has 0 bridgehead atoms. The predicted molar refractivity (Wildman–Crippen MR) is 89.8 cm³/mol. The Morgan fingerprint density at radius 2 is 2.17 bits per heavy atom. The number of hydrogen-bond donors (Lipinski definition) is 1. The number of thiophene rings is 1. The Hall–Kier alpha value is -2.21. The van der Waals surface area contributed by atoms with Gasteiger partial charge in [-0.3, -0.25) is 9.20 Å². The largest absolute Gasteiger partial charge is 0.342 e. The first-order chi connectivity index (χ1) is 11.2. The van der Waals surface area contributed by atoms with Crippen molar-refractivity contribution in [3.05, 3.63) is 51.6 Å². The van der Waals surface area contributed by atoms with Gasteiger partial charge >= 0.3 is 0 Å². The minimum Gasteiger partial charge on any atom is -0.342 e. The molecule has 1 aliphatic carbocycles. The van der Waals surface area contributed by atoms with E-state index < -0.39 is 0 Å². The summed E-state index contributed by atoms with van der Waals surface area (Å²) in [7, 11) is 0. The lowest BCUT2D eigenvalue weighted by Crippen LogP contribution is -2.27. The average molecular weight is 326 g/mol. The number of nitrogens with zero attached hydrogens (tertiary/aromatic N) is 3. The van der Waals surface area contributed by atoms with Gasteiger partial charge in [-0.2, -0.15) is 0 Å². The van der Waals surface area contributed by atoms with Crippen molar-refractivity contribution in [2.24, 2.45) is 0 Å². The van der Waals surface area contributed by atoms with Crippen molar-refractivity contribution in [1.82, 2.24) is 19.9 Å². The molecule has 118 valence electrons. The van der Waals surface area contributed by atoms with E-state index in [0.29, 0.717) is 0 Å². The molecule has 3 heterocycles. The van der Waals surface area contributed by atoms with Crippen molar-refractivity contribution in [1.29, 1.82) is 0 Å². The minimum absolute atomic E-state index is 0.0235. The van der Waals surface area contributed by atoms with Crippen LogP contribution >= 0.6 is 11.3 Å². The molecule has 0 radical (unpaired) electrons. The van der Waals surface area contributed by atoms with Gasteiger partial charge in [-0.1, -0.05) is 6.07 Å². The van der Waals surface area contributed by atoms with E-state index in [1.165, 1.54) is 23.3 Å². The van der Waals surface area contributed by atoms with Crippen molar-refractivity contribution < 1.29 is 4.79 Å². The number of carbonyl (C=O) groups excluding carboxylic acids is 1. The second-order valence-electron chi connectivity index (χ2n) is 5.95. The Kier molecular flexibility index (Phi) is 3.61. The Labute approximate surface area is 138 Å². The van der Waals surface area contributed by atoms with Gasteiger partial charge in [0.25, 0.3) is 5.91 Å². The van der Waals surface area contributed by atoms with Gasteiger partial charge in [0, 0.05) is 11.1 Å². The van der Waals surface area contributed by atoms with Crippen molar-refractivity contribution in [2.75, 3.05) is 0 Å². The standard InChI is InChI=1S/C17H18N4OS/c1-11(16-20-19-15-8-4-5-9-21(15)16)18-17(22)14-10-12-6-2-3-7-13(12)23-14/h4-5,8-11H,2-3,6-7H2,1H3,(H,18,22). The molecule has 0 aromatic carbocycles. The second kappa shape index (κ2) is 5.77. The quantitative estimate of drug-likeness (QED) is 0.804. The van der Waals surface area contributed by atoms with E-state index in [9.17, 15) is 4.79 Å². The summed E-state index contributed by atoms with van der Waals surface area (Å²) in [5.41, 5.74) is 2.14. The zero-order valence-electron chi connectivity index (χ0n) is 13.0. The fourth-order valence-corrected chi connectivity index (χ4v) is 4.25. The van der Waals surface area contributed by atoms with Crippen molar-refractivity contribution in [3.63, 3.8) is 0 Å². The summed E-state index contributed by atoms with van der Waals surface area (Å²) in [6.07, 6.45) is 6.59. The van der Waals surface area contributed by atoms with Gasteiger partial charge in [0.05, 0.1) is 10.9 Å². The fraction of sp³-hybridized carbons (Fsp3) is 0.353. The summed E-state index contributed by atoms with van der Waals surface area (Å²) in [5.74, 6) is 0.722. The van der Waals surface area contributed by atoms with Gasteiger partial charge in [-0.05, 0) is 56.4 Å². The van der Waals surface area contributed by atoms with Crippen LogP contribution in [0.5, 0.6) is 0 Å². The molecule has 1 N–H and O–H groups in total. The van der Waals surface area contributed by atoms with Gasteiger partial charge in [-0.25, -0.2) is 0 Å². The highest BCUT2D eigenvalue weighted by atomic mass is 32.1. The monoisotopic (exact) mass is 326 g/mol. The molecule has 0 saturated carbocycles. The van der Waals surface area contributed by atoms with E-state index in [1.807, 2.05) is 35.7 Å². The smallest absolute Gasteiger partial charge is 0.261 e. The average Bonchev–Trinajstić information content (AvgIpc) is 3.18. The van der Waals surface area contributed by atoms with E-state index in [0.717, 1.165) is 29.2 Å². The molecule has 23 heavy (non-hydrogen) atoms. The molecule has 6 heteroatoms. The molecule has 1 amide bonds. The number of hydrogen-bond acceptors (Lipinski definition) is 4. The number of amides is 1. The van der Waals surface area contributed by atoms with Crippen LogP contribution in [0.25, 0.3) is 5.65 Å². The molecule has 5 nitrogen and oxygen atoms in total. The molecule has 0 aliphatic heterocycles.